The highest BCUT2D eigenvalue weighted by atomic mass is 32.2. The van der Waals surface area contributed by atoms with Crippen LogP contribution in [0, 0.1) is 6.92 Å². The van der Waals surface area contributed by atoms with Gasteiger partial charge in [-0.2, -0.15) is 0 Å². The molecule has 6 rings (SSSR count). The zero-order valence-corrected chi connectivity index (χ0v) is 26.8. The van der Waals surface area contributed by atoms with Gasteiger partial charge in [0, 0.05) is 0 Å². The third-order valence-corrected chi connectivity index (χ3v) is 11.2. The highest BCUT2D eigenvalue weighted by Gasteiger charge is 2.19. The first kappa shape index (κ1) is 30.8. The fraction of sp³-hybridized carbons (Fsp3) is 0.0526. The van der Waals surface area contributed by atoms with E-state index in [-0.39, 0.29) is 19.6 Å². The summed E-state index contributed by atoms with van der Waals surface area (Å²) in [5, 5.41) is 0. The number of hydrogen-bond acceptors (Lipinski definition) is 6. The van der Waals surface area contributed by atoms with E-state index in [0.29, 0.717) is 17.2 Å². The number of benzene rings is 6. The number of aryl methyl sites for hydroxylation is 1. The summed E-state index contributed by atoms with van der Waals surface area (Å²) >= 11 is 0. The Morgan fingerprint density at radius 1 is 0.370 bits per heavy atom. The number of rotatable bonds is 9. The first-order chi connectivity index (χ1) is 22.1. The van der Waals surface area contributed by atoms with Crippen molar-refractivity contribution >= 4 is 19.7 Å². The molecule has 0 radical (unpaired) electrons. The molecule has 0 fully saturated rings. The highest BCUT2D eigenvalue weighted by molar-refractivity contribution is 7.91. The van der Waals surface area contributed by atoms with Crippen LogP contribution < -0.4 is 9.47 Å². The van der Waals surface area contributed by atoms with Gasteiger partial charge in [-0.05, 0) is 114 Å². The monoisotopic (exact) mass is 646 g/mol. The molecule has 6 aromatic carbocycles. The Kier molecular flexibility index (Phi) is 8.49. The van der Waals surface area contributed by atoms with Gasteiger partial charge in [0.25, 0.3) is 0 Å². The van der Waals surface area contributed by atoms with Crippen LogP contribution >= 0.6 is 0 Å². The largest absolute Gasteiger partial charge is 0.497 e. The van der Waals surface area contributed by atoms with Crippen molar-refractivity contribution in [2.75, 3.05) is 7.11 Å². The predicted octanol–water partition coefficient (Wildman–Crippen LogP) is 8.80. The molecule has 6 aromatic rings. The third kappa shape index (κ3) is 6.44. The van der Waals surface area contributed by atoms with Crippen molar-refractivity contribution < 1.29 is 26.3 Å². The smallest absolute Gasteiger partial charge is 0.206 e. The molecular formula is C38H30O6S2. The molecule has 0 atom stereocenters. The molecular weight excluding hydrogens is 617 g/mol. The SMILES string of the molecule is COc1ccc(S(=O)(=O)c2ccc(-c3ccc(S(=O)(=O)c4ccc(Oc5ccc(-c6ccc(C)cc6)cc5)cc4)cc3)cc2)cc1. The van der Waals surface area contributed by atoms with E-state index >= 15 is 0 Å². The van der Waals surface area contributed by atoms with Gasteiger partial charge >= 0.3 is 0 Å². The van der Waals surface area contributed by atoms with E-state index in [1.807, 2.05) is 24.3 Å². The fourth-order valence-electron chi connectivity index (χ4n) is 4.96. The molecule has 6 nitrogen and oxygen atoms in total. The molecule has 46 heavy (non-hydrogen) atoms. The van der Waals surface area contributed by atoms with Crippen LogP contribution in [-0.4, -0.2) is 23.9 Å². The van der Waals surface area contributed by atoms with Gasteiger partial charge in [0.15, 0.2) is 0 Å². The van der Waals surface area contributed by atoms with Crippen molar-refractivity contribution in [3.05, 3.63) is 151 Å². The van der Waals surface area contributed by atoms with Crippen molar-refractivity contribution in [1.29, 1.82) is 0 Å². The van der Waals surface area contributed by atoms with Gasteiger partial charge in [0.2, 0.25) is 19.7 Å². The highest BCUT2D eigenvalue weighted by Crippen LogP contribution is 2.30. The summed E-state index contributed by atoms with van der Waals surface area (Å²) < 4.78 is 63.9. The Bertz CT molecular complexity index is 2170. The molecule has 0 heterocycles. The van der Waals surface area contributed by atoms with E-state index < -0.39 is 19.7 Å². The van der Waals surface area contributed by atoms with Crippen molar-refractivity contribution in [1.82, 2.24) is 0 Å². The number of methoxy groups -OCH3 is 1. The summed E-state index contributed by atoms with van der Waals surface area (Å²) in [7, 11) is -5.95. The lowest BCUT2D eigenvalue weighted by molar-refractivity contribution is 0.414. The van der Waals surface area contributed by atoms with E-state index in [1.165, 1.54) is 36.9 Å². The van der Waals surface area contributed by atoms with Crippen LogP contribution in [-0.2, 0) is 19.7 Å². The lowest BCUT2D eigenvalue weighted by Crippen LogP contribution is -2.02. The second-order valence-electron chi connectivity index (χ2n) is 10.7. The van der Waals surface area contributed by atoms with E-state index in [9.17, 15) is 16.8 Å². The number of ether oxygens (including phenoxy) is 2. The van der Waals surface area contributed by atoms with Crippen LogP contribution in [0.4, 0.5) is 0 Å². The maximum absolute atomic E-state index is 13.4. The Morgan fingerprint density at radius 2 is 0.630 bits per heavy atom. The topological polar surface area (TPSA) is 86.7 Å². The minimum Gasteiger partial charge on any atom is -0.497 e. The third-order valence-electron chi connectivity index (χ3n) is 7.64. The maximum Gasteiger partial charge on any atom is 0.206 e. The summed E-state index contributed by atoms with van der Waals surface area (Å²) in [5.74, 6) is 1.74. The number of sulfone groups is 2. The molecule has 0 saturated heterocycles. The van der Waals surface area contributed by atoms with E-state index in [0.717, 1.165) is 22.3 Å². The summed E-state index contributed by atoms with van der Waals surface area (Å²) in [5.41, 5.74) is 4.91. The Balaban J connectivity index is 1.13. The van der Waals surface area contributed by atoms with E-state index in [2.05, 4.69) is 31.2 Å². The normalized spacial score (nSPS) is 11.6. The zero-order valence-electron chi connectivity index (χ0n) is 25.1. The average Bonchev–Trinajstić information content (AvgIpc) is 3.09. The van der Waals surface area contributed by atoms with Gasteiger partial charge in [0.1, 0.15) is 17.2 Å². The summed E-state index contributed by atoms with van der Waals surface area (Å²) in [6.45, 7) is 2.05. The van der Waals surface area contributed by atoms with Gasteiger partial charge in [0.05, 0.1) is 26.7 Å². The van der Waals surface area contributed by atoms with Gasteiger partial charge in [-0.3, -0.25) is 0 Å². The molecule has 0 aliphatic carbocycles. The van der Waals surface area contributed by atoms with Crippen LogP contribution in [0.3, 0.4) is 0 Å². The van der Waals surface area contributed by atoms with Crippen LogP contribution in [0.2, 0.25) is 0 Å². The van der Waals surface area contributed by atoms with Crippen LogP contribution in [0.5, 0.6) is 17.2 Å². The molecule has 0 spiro atoms. The Labute approximate surface area is 269 Å². The van der Waals surface area contributed by atoms with E-state index in [1.54, 1.807) is 72.8 Å². The molecule has 0 aliphatic rings. The van der Waals surface area contributed by atoms with Crippen molar-refractivity contribution in [3.8, 4) is 39.5 Å². The van der Waals surface area contributed by atoms with Crippen molar-refractivity contribution in [2.24, 2.45) is 0 Å². The lowest BCUT2D eigenvalue weighted by Gasteiger charge is -2.10. The first-order valence-electron chi connectivity index (χ1n) is 14.4. The van der Waals surface area contributed by atoms with Gasteiger partial charge < -0.3 is 9.47 Å². The van der Waals surface area contributed by atoms with E-state index in [4.69, 9.17) is 9.47 Å². The molecule has 230 valence electrons. The minimum atomic E-state index is -3.77. The maximum atomic E-state index is 13.4. The quantitative estimate of drug-likeness (QED) is 0.156. The fourth-order valence-corrected chi connectivity index (χ4v) is 7.49. The lowest BCUT2D eigenvalue weighted by atomic mass is 10.0. The second-order valence-corrected chi connectivity index (χ2v) is 14.6. The molecule has 0 N–H and O–H groups in total. The molecule has 0 amide bonds. The Morgan fingerprint density at radius 3 is 0.978 bits per heavy atom. The van der Waals surface area contributed by atoms with Crippen LogP contribution in [0.25, 0.3) is 22.3 Å². The summed E-state index contributed by atoms with van der Waals surface area (Å²) in [4.78, 5) is 0.626. The van der Waals surface area contributed by atoms with Crippen molar-refractivity contribution in [2.45, 2.75) is 26.5 Å². The standard InChI is InChI=1S/C38H30O6S2/c1-27-3-5-28(6-4-27)29-7-13-33(14-8-29)44-34-17-25-38(26-18-34)46(41,42)36-21-11-31(12-22-36)30-9-19-35(20-10-30)45(39,40)37-23-15-32(43-2)16-24-37/h3-26H,1-2H3. The minimum absolute atomic E-state index is 0.148. The molecule has 0 aromatic heterocycles. The molecule has 8 heteroatoms. The first-order valence-corrected chi connectivity index (χ1v) is 17.4. The molecule has 0 unspecified atom stereocenters. The van der Waals surface area contributed by atoms with Crippen LogP contribution in [0.15, 0.2) is 165 Å². The predicted molar refractivity (Wildman–Crippen MR) is 179 cm³/mol. The molecule has 0 aliphatic heterocycles. The van der Waals surface area contributed by atoms with Crippen LogP contribution in [0.1, 0.15) is 5.56 Å². The summed E-state index contributed by atoms with van der Waals surface area (Å²) in [6.07, 6.45) is 0. The number of hydrogen-bond donors (Lipinski definition) is 0. The molecule has 0 saturated carbocycles. The average molecular weight is 647 g/mol. The van der Waals surface area contributed by atoms with Gasteiger partial charge in [-0.15, -0.1) is 0 Å². The Hall–Kier alpha value is -5.18. The zero-order chi connectivity index (χ0) is 32.3. The summed E-state index contributed by atoms with van der Waals surface area (Å²) in [6, 6.07) is 41.6. The molecule has 0 bridgehead atoms. The second kappa shape index (κ2) is 12.7. The van der Waals surface area contributed by atoms with Crippen molar-refractivity contribution in [3.63, 3.8) is 0 Å². The van der Waals surface area contributed by atoms with Gasteiger partial charge in [-0.25, -0.2) is 16.8 Å². The van der Waals surface area contributed by atoms with Gasteiger partial charge in [-0.1, -0.05) is 66.2 Å².